The number of carboxylic acids is 5. The van der Waals surface area contributed by atoms with Crippen LogP contribution in [0.5, 0.6) is 0 Å². The fourth-order valence-corrected chi connectivity index (χ4v) is 7.74. The summed E-state index contributed by atoms with van der Waals surface area (Å²) in [7, 11) is 0. The number of fused-ring (bicyclic) bond motifs is 1. The fraction of sp³-hybridized carbons (Fsp3) is 0.600. The standard InChI is InChI=1S/C45H66N8O14/c1-32(54)36(14-15-40(57)58)47-45(67)48-37(44(65)66)12-7-8-18-53(28-38-35-11-6-5-9-33(35)16-17-46-38)39(56)13-4-2-3-10-34(55)27-49-19-21-50(29-41(59)60)23-25-52(31-43(63)64)26-24-51(22-20-49)30-42(61)62/h5-6,9,11,16-17,36-37H,2-4,7-8,10,12-15,18-31H2,1H3,(H,57,58)(H,59,60)(H,61,62)(H,63,64)(H,65,66)(H2,47,48,67)/t36-,37-/m0/s1. The molecule has 67 heavy (non-hydrogen) atoms. The smallest absolute Gasteiger partial charge is 0.326 e. The highest BCUT2D eigenvalue weighted by atomic mass is 16.4. The first-order valence-electron chi connectivity index (χ1n) is 22.6. The molecule has 0 spiro atoms. The SMILES string of the molecule is CC(=O)[C@H](CCC(=O)O)NC(=O)N[C@@H](CCCCN(Cc1nccc2ccccc12)C(=O)CCCCCC(=O)CN1CCN(CC(=O)O)CCN(CC(=O)O)CCN(CC(=O)O)CC1)C(=O)O. The Morgan fingerprint density at radius 3 is 1.64 bits per heavy atom. The Hall–Kier alpha value is -6.10. The number of rotatable bonds is 28. The lowest BCUT2D eigenvalue weighted by atomic mass is 10.1. The molecule has 3 rings (SSSR count). The molecule has 1 aromatic heterocycles. The van der Waals surface area contributed by atoms with E-state index in [4.69, 9.17) is 5.11 Å². The number of aromatic nitrogens is 1. The number of nitrogens with zero attached hydrogens (tertiary/aromatic N) is 6. The number of carbonyl (C=O) groups is 9. The van der Waals surface area contributed by atoms with Gasteiger partial charge in [0.1, 0.15) is 11.8 Å². The van der Waals surface area contributed by atoms with Crippen molar-refractivity contribution in [2.45, 2.75) is 89.8 Å². The number of carbonyl (C=O) groups excluding carboxylic acids is 4. The first-order valence-corrected chi connectivity index (χ1v) is 22.6. The van der Waals surface area contributed by atoms with Gasteiger partial charge in [0.05, 0.1) is 44.5 Å². The highest BCUT2D eigenvalue weighted by molar-refractivity contribution is 5.89. The fourth-order valence-electron chi connectivity index (χ4n) is 7.74. The molecule has 1 aliphatic rings. The van der Waals surface area contributed by atoms with Crippen molar-refractivity contribution in [3.8, 4) is 0 Å². The quantitative estimate of drug-likeness (QED) is 0.0592. The predicted molar refractivity (Wildman–Crippen MR) is 242 cm³/mol. The number of urea groups is 1. The highest BCUT2D eigenvalue weighted by Gasteiger charge is 2.25. The summed E-state index contributed by atoms with van der Waals surface area (Å²) in [5.74, 6) is -6.28. The van der Waals surface area contributed by atoms with Crippen LogP contribution in [0.15, 0.2) is 36.5 Å². The summed E-state index contributed by atoms with van der Waals surface area (Å²) < 4.78 is 0. The molecule has 22 nitrogen and oxygen atoms in total. The summed E-state index contributed by atoms with van der Waals surface area (Å²) in [6, 6.07) is 6.15. The van der Waals surface area contributed by atoms with Crippen molar-refractivity contribution in [3.63, 3.8) is 0 Å². The second kappa shape index (κ2) is 29.5. The molecule has 370 valence electrons. The summed E-state index contributed by atoms with van der Waals surface area (Å²) in [6.07, 6.45) is 3.80. The average Bonchev–Trinajstić information content (AvgIpc) is 3.25. The van der Waals surface area contributed by atoms with Gasteiger partial charge in [0, 0.05) is 89.7 Å². The number of ketones is 2. The maximum absolute atomic E-state index is 13.8. The Kier molecular flexibility index (Phi) is 24.3. The third kappa shape index (κ3) is 22.3. The van der Waals surface area contributed by atoms with Gasteiger partial charge in [0.2, 0.25) is 5.91 Å². The van der Waals surface area contributed by atoms with E-state index in [9.17, 15) is 63.6 Å². The Bertz CT molecular complexity index is 1970. The lowest BCUT2D eigenvalue weighted by Crippen LogP contribution is -2.50. The van der Waals surface area contributed by atoms with Gasteiger partial charge >= 0.3 is 35.9 Å². The molecule has 0 aliphatic carbocycles. The summed E-state index contributed by atoms with van der Waals surface area (Å²) >= 11 is 0. The van der Waals surface area contributed by atoms with E-state index in [1.165, 1.54) is 6.92 Å². The van der Waals surface area contributed by atoms with Crippen LogP contribution in [-0.2, 0) is 44.9 Å². The third-order valence-electron chi connectivity index (χ3n) is 11.4. The molecular formula is C45H66N8O14. The van der Waals surface area contributed by atoms with Gasteiger partial charge in [0.25, 0.3) is 0 Å². The molecule has 1 saturated heterocycles. The number of benzene rings is 1. The van der Waals surface area contributed by atoms with Crippen LogP contribution in [0.3, 0.4) is 0 Å². The molecule has 1 aliphatic heterocycles. The summed E-state index contributed by atoms with van der Waals surface area (Å²) in [5.41, 5.74) is 0.681. The number of nitrogens with one attached hydrogen (secondary N) is 2. The summed E-state index contributed by atoms with van der Waals surface area (Å²) in [4.78, 5) is 122. The van der Waals surface area contributed by atoms with Crippen LogP contribution in [0.4, 0.5) is 4.79 Å². The van der Waals surface area contributed by atoms with E-state index in [1.807, 2.05) is 35.2 Å². The lowest BCUT2D eigenvalue weighted by molar-refractivity contribution is -0.140. The van der Waals surface area contributed by atoms with E-state index >= 15 is 0 Å². The van der Waals surface area contributed by atoms with Gasteiger partial charge in [-0.25, -0.2) is 9.59 Å². The van der Waals surface area contributed by atoms with E-state index in [0.29, 0.717) is 64.0 Å². The number of Topliss-reactive ketones (excluding diaryl/α,β-unsaturated/α-hetero) is 2. The largest absolute Gasteiger partial charge is 0.481 e. The summed E-state index contributed by atoms with van der Waals surface area (Å²) in [5, 5.41) is 53.7. The lowest BCUT2D eigenvalue weighted by Gasteiger charge is -2.32. The van der Waals surface area contributed by atoms with Crippen molar-refractivity contribution in [2.75, 3.05) is 85.1 Å². The van der Waals surface area contributed by atoms with Gasteiger partial charge in [-0.3, -0.25) is 58.1 Å². The maximum Gasteiger partial charge on any atom is 0.326 e. The van der Waals surface area contributed by atoms with E-state index in [1.54, 1.807) is 25.8 Å². The highest BCUT2D eigenvalue weighted by Crippen LogP contribution is 2.20. The molecule has 22 heteroatoms. The Labute approximate surface area is 389 Å². The molecule has 0 radical (unpaired) electrons. The van der Waals surface area contributed by atoms with E-state index in [-0.39, 0.29) is 109 Å². The number of pyridine rings is 1. The van der Waals surface area contributed by atoms with Gasteiger partial charge in [-0.15, -0.1) is 0 Å². The molecule has 1 aromatic carbocycles. The zero-order chi connectivity index (χ0) is 49.3. The van der Waals surface area contributed by atoms with Gasteiger partial charge < -0.3 is 41.1 Å². The van der Waals surface area contributed by atoms with Gasteiger partial charge in [-0.2, -0.15) is 0 Å². The maximum atomic E-state index is 13.8. The topological polar surface area (TPSA) is 308 Å². The average molecular weight is 943 g/mol. The number of amides is 3. The zero-order valence-corrected chi connectivity index (χ0v) is 38.2. The van der Waals surface area contributed by atoms with Crippen molar-refractivity contribution >= 4 is 64.1 Å². The van der Waals surface area contributed by atoms with Crippen LogP contribution in [0, 0.1) is 0 Å². The van der Waals surface area contributed by atoms with Crippen LogP contribution in [-0.4, -0.2) is 206 Å². The molecule has 0 unspecified atom stereocenters. The number of carboxylic acid groups (broad SMARTS) is 5. The van der Waals surface area contributed by atoms with Crippen LogP contribution in [0.2, 0.25) is 0 Å². The number of hydrogen-bond acceptors (Lipinski definition) is 14. The van der Waals surface area contributed by atoms with Crippen LogP contribution in [0.25, 0.3) is 10.8 Å². The minimum absolute atomic E-state index is 0.0111. The molecule has 0 bridgehead atoms. The van der Waals surface area contributed by atoms with E-state index < -0.39 is 53.7 Å². The Morgan fingerprint density at radius 2 is 1.12 bits per heavy atom. The first-order chi connectivity index (χ1) is 31.9. The molecule has 7 N–H and O–H groups in total. The van der Waals surface area contributed by atoms with Gasteiger partial charge in [0.15, 0.2) is 5.78 Å². The Morgan fingerprint density at radius 1 is 0.597 bits per heavy atom. The number of aliphatic carboxylic acids is 5. The second-order valence-corrected chi connectivity index (χ2v) is 16.8. The molecule has 2 atom stereocenters. The summed E-state index contributed by atoms with van der Waals surface area (Å²) in [6.45, 7) is 3.19. The molecule has 0 saturated carbocycles. The Balaban J connectivity index is 1.58. The number of unbranched alkanes of at least 4 members (excludes halogenated alkanes) is 3. The van der Waals surface area contributed by atoms with Gasteiger partial charge in [-0.1, -0.05) is 30.7 Å². The molecule has 1 fully saturated rings. The first kappa shape index (κ1) is 55.2. The normalized spacial score (nSPS) is 15.6. The van der Waals surface area contributed by atoms with Crippen molar-refractivity contribution in [3.05, 3.63) is 42.2 Å². The predicted octanol–water partition coefficient (Wildman–Crippen LogP) is 1.30. The monoisotopic (exact) mass is 942 g/mol. The van der Waals surface area contributed by atoms with E-state index in [0.717, 1.165) is 10.8 Å². The van der Waals surface area contributed by atoms with Crippen molar-refractivity contribution < 1.29 is 68.7 Å². The van der Waals surface area contributed by atoms with Crippen molar-refractivity contribution in [1.82, 2.24) is 40.1 Å². The number of hydrogen-bond donors (Lipinski definition) is 7. The van der Waals surface area contributed by atoms with Crippen LogP contribution in [0.1, 0.15) is 76.8 Å². The van der Waals surface area contributed by atoms with Crippen LogP contribution >= 0.6 is 0 Å². The molecule has 2 aromatic rings. The van der Waals surface area contributed by atoms with Crippen molar-refractivity contribution in [1.29, 1.82) is 0 Å². The van der Waals surface area contributed by atoms with Gasteiger partial charge in [-0.05, 0) is 56.9 Å². The minimum atomic E-state index is -1.32. The zero-order valence-electron chi connectivity index (χ0n) is 38.2. The molecule has 3 amide bonds. The van der Waals surface area contributed by atoms with Crippen molar-refractivity contribution in [2.24, 2.45) is 0 Å². The van der Waals surface area contributed by atoms with Crippen LogP contribution < -0.4 is 10.6 Å². The molecule has 2 heterocycles. The minimum Gasteiger partial charge on any atom is -0.481 e. The van der Waals surface area contributed by atoms with E-state index in [2.05, 4.69) is 15.6 Å². The third-order valence-corrected chi connectivity index (χ3v) is 11.4. The second-order valence-electron chi connectivity index (χ2n) is 16.8. The molecular weight excluding hydrogens is 877 g/mol.